The van der Waals surface area contributed by atoms with Gasteiger partial charge in [-0.25, -0.2) is 8.78 Å². The van der Waals surface area contributed by atoms with Gasteiger partial charge >= 0.3 is 0 Å². The molecule has 1 N–H and O–H groups in total. The number of halogens is 2. The van der Waals surface area contributed by atoms with E-state index in [4.69, 9.17) is 14.2 Å². The van der Waals surface area contributed by atoms with Gasteiger partial charge in [0.1, 0.15) is 13.2 Å². The molecule has 0 atom stereocenters. The molecular weight excluding hydrogens is 332 g/mol. The predicted molar refractivity (Wildman–Crippen MR) is 88.0 cm³/mol. The summed E-state index contributed by atoms with van der Waals surface area (Å²) in [5.74, 6) is -1.23. The Morgan fingerprint density at radius 2 is 2.04 bits per heavy atom. The number of methoxy groups -OCH3 is 1. The lowest BCUT2D eigenvalue weighted by molar-refractivity contribution is -0.111. The van der Waals surface area contributed by atoms with Crippen LogP contribution in [-0.2, 0) is 4.79 Å². The van der Waals surface area contributed by atoms with Crippen molar-refractivity contribution in [2.24, 2.45) is 0 Å². The molecule has 2 aromatic carbocycles. The lowest BCUT2D eigenvalue weighted by Crippen LogP contribution is -2.16. The van der Waals surface area contributed by atoms with Gasteiger partial charge in [0.25, 0.3) is 0 Å². The highest BCUT2D eigenvalue weighted by Gasteiger charge is 2.18. The van der Waals surface area contributed by atoms with Crippen molar-refractivity contribution in [1.82, 2.24) is 0 Å². The number of hydrogen-bond donors (Lipinski definition) is 1. The Balaban J connectivity index is 1.77. The van der Waals surface area contributed by atoms with E-state index in [0.29, 0.717) is 36.0 Å². The van der Waals surface area contributed by atoms with Crippen LogP contribution in [0, 0.1) is 11.6 Å². The molecule has 0 aromatic heterocycles. The molecule has 5 nitrogen and oxygen atoms in total. The number of carbonyl (C=O) groups excluding carboxylic acids is 1. The molecule has 0 saturated heterocycles. The summed E-state index contributed by atoms with van der Waals surface area (Å²) in [7, 11) is 1.50. The minimum Gasteiger partial charge on any atom is -0.493 e. The number of benzene rings is 2. The smallest absolute Gasteiger partial charge is 0.248 e. The Morgan fingerprint density at radius 1 is 1.24 bits per heavy atom. The molecule has 0 saturated carbocycles. The van der Waals surface area contributed by atoms with Crippen LogP contribution >= 0.6 is 0 Å². The number of fused-ring (bicyclic) bond motifs is 1. The predicted octanol–water partition coefficient (Wildman–Crippen LogP) is 3.40. The van der Waals surface area contributed by atoms with Crippen LogP contribution in [0.15, 0.2) is 36.4 Å². The van der Waals surface area contributed by atoms with Gasteiger partial charge in [-0.3, -0.25) is 4.79 Å². The molecule has 1 amide bonds. The molecule has 1 aliphatic heterocycles. The topological polar surface area (TPSA) is 56.8 Å². The van der Waals surface area contributed by atoms with E-state index in [1.165, 1.54) is 31.4 Å². The van der Waals surface area contributed by atoms with Crippen molar-refractivity contribution in [2.75, 3.05) is 25.6 Å². The number of nitrogens with one attached hydrogen (secondary N) is 1. The second-order valence-corrected chi connectivity index (χ2v) is 5.17. The highest BCUT2D eigenvalue weighted by molar-refractivity contribution is 6.02. The normalized spacial score (nSPS) is 12.9. The average Bonchev–Trinajstić information content (AvgIpc) is 2.63. The first kappa shape index (κ1) is 16.8. The first-order valence-corrected chi connectivity index (χ1v) is 7.49. The zero-order chi connectivity index (χ0) is 17.8. The minimum atomic E-state index is -1.11. The van der Waals surface area contributed by atoms with Gasteiger partial charge < -0.3 is 19.5 Å². The third kappa shape index (κ3) is 3.71. The molecule has 1 heterocycles. The van der Waals surface area contributed by atoms with Crippen molar-refractivity contribution < 1.29 is 27.8 Å². The number of anilines is 1. The van der Waals surface area contributed by atoms with E-state index in [9.17, 15) is 13.6 Å². The second kappa shape index (κ2) is 7.21. The van der Waals surface area contributed by atoms with E-state index in [1.54, 1.807) is 12.1 Å². The van der Waals surface area contributed by atoms with Crippen LogP contribution in [0.4, 0.5) is 14.5 Å². The summed E-state index contributed by atoms with van der Waals surface area (Å²) in [6.07, 6.45) is 2.71. The summed E-state index contributed by atoms with van der Waals surface area (Å²) in [6.45, 7) is 0.850. The maximum absolute atomic E-state index is 13.6. The summed E-state index contributed by atoms with van der Waals surface area (Å²) in [4.78, 5) is 11.9. The molecule has 0 radical (unpaired) electrons. The van der Waals surface area contributed by atoms with Crippen molar-refractivity contribution in [3.05, 3.63) is 53.6 Å². The first-order chi connectivity index (χ1) is 12.1. The number of carbonyl (C=O) groups is 1. The quantitative estimate of drug-likeness (QED) is 0.862. The third-order valence-electron chi connectivity index (χ3n) is 3.49. The van der Waals surface area contributed by atoms with Crippen LogP contribution in [0.3, 0.4) is 0 Å². The Bertz CT molecular complexity index is 819. The molecule has 0 spiro atoms. The van der Waals surface area contributed by atoms with Gasteiger partial charge in [0, 0.05) is 6.08 Å². The van der Waals surface area contributed by atoms with Crippen LogP contribution in [0.5, 0.6) is 17.2 Å². The lowest BCUT2D eigenvalue weighted by Gasteiger charge is -2.20. The minimum absolute atomic E-state index is 0.227. The molecular formula is C18H15F2NO4. The van der Waals surface area contributed by atoms with Crippen LogP contribution in [-0.4, -0.2) is 26.2 Å². The van der Waals surface area contributed by atoms with Crippen molar-refractivity contribution in [3.63, 3.8) is 0 Å². The van der Waals surface area contributed by atoms with Gasteiger partial charge in [-0.2, -0.15) is 0 Å². The van der Waals surface area contributed by atoms with Crippen molar-refractivity contribution >= 4 is 17.7 Å². The molecule has 2 aromatic rings. The number of hydrogen-bond acceptors (Lipinski definition) is 4. The van der Waals surface area contributed by atoms with Crippen molar-refractivity contribution in [1.29, 1.82) is 0 Å². The molecule has 25 heavy (non-hydrogen) atoms. The Labute approximate surface area is 142 Å². The summed E-state index contributed by atoms with van der Waals surface area (Å²) in [5, 5.41) is 2.28. The van der Waals surface area contributed by atoms with Crippen LogP contribution < -0.4 is 19.5 Å². The first-order valence-electron chi connectivity index (χ1n) is 7.49. The fraction of sp³-hybridized carbons (Fsp3) is 0.167. The lowest BCUT2D eigenvalue weighted by atomic mass is 10.1. The van der Waals surface area contributed by atoms with Crippen molar-refractivity contribution in [2.45, 2.75) is 0 Å². The molecule has 7 heteroatoms. The standard InChI is InChI=1S/C18H15F2NO4/c1-23-14-9-11(10-15-18(14)25-8-7-24-15)5-6-16(22)21-13-4-2-3-12(19)17(13)20/h2-6,9-10H,7-8H2,1H3,(H,21,22)/b6-5+. The fourth-order valence-corrected chi connectivity index (χ4v) is 2.34. The molecule has 1 aliphatic rings. The van der Waals surface area contributed by atoms with E-state index >= 15 is 0 Å². The van der Waals surface area contributed by atoms with Gasteiger partial charge in [0.2, 0.25) is 11.7 Å². The molecule has 3 rings (SSSR count). The number of amides is 1. The molecule has 0 unspecified atom stereocenters. The van der Waals surface area contributed by atoms with E-state index in [0.717, 1.165) is 6.07 Å². The summed E-state index contributed by atoms with van der Waals surface area (Å²) in [6, 6.07) is 6.94. The summed E-state index contributed by atoms with van der Waals surface area (Å²) >= 11 is 0. The second-order valence-electron chi connectivity index (χ2n) is 5.17. The van der Waals surface area contributed by atoms with E-state index in [1.807, 2.05) is 0 Å². The maximum Gasteiger partial charge on any atom is 0.248 e. The van der Waals surface area contributed by atoms with Gasteiger partial charge in [-0.05, 0) is 35.9 Å². The number of ether oxygens (including phenoxy) is 3. The molecule has 130 valence electrons. The largest absolute Gasteiger partial charge is 0.493 e. The van der Waals surface area contributed by atoms with Gasteiger partial charge in [-0.15, -0.1) is 0 Å². The Morgan fingerprint density at radius 3 is 2.84 bits per heavy atom. The van der Waals surface area contributed by atoms with Crippen LogP contribution in [0.25, 0.3) is 6.08 Å². The SMILES string of the molecule is COc1cc(/C=C/C(=O)Nc2cccc(F)c2F)cc2c1OCCO2. The summed E-state index contributed by atoms with van der Waals surface area (Å²) in [5.41, 5.74) is 0.408. The van der Waals surface area contributed by atoms with Crippen LogP contribution in [0.2, 0.25) is 0 Å². The monoisotopic (exact) mass is 347 g/mol. The third-order valence-corrected chi connectivity index (χ3v) is 3.49. The van der Waals surface area contributed by atoms with Gasteiger partial charge in [0.05, 0.1) is 12.8 Å². The Kier molecular flexibility index (Phi) is 4.83. The highest BCUT2D eigenvalue weighted by atomic mass is 19.2. The van der Waals surface area contributed by atoms with Crippen LogP contribution in [0.1, 0.15) is 5.56 Å². The molecule has 0 aliphatic carbocycles. The summed E-state index contributed by atoms with van der Waals surface area (Å²) < 4.78 is 43.0. The van der Waals surface area contributed by atoms with Gasteiger partial charge in [0.15, 0.2) is 23.1 Å². The molecule has 0 fully saturated rings. The maximum atomic E-state index is 13.6. The Hall–Kier alpha value is -3.09. The van der Waals surface area contributed by atoms with E-state index < -0.39 is 17.5 Å². The number of rotatable bonds is 4. The highest BCUT2D eigenvalue weighted by Crippen LogP contribution is 2.40. The molecule has 0 bridgehead atoms. The average molecular weight is 347 g/mol. The zero-order valence-electron chi connectivity index (χ0n) is 13.3. The van der Waals surface area contributed by atoms with E-state index in [2.05, 4.69) is 5.32 Å². The van der Waals surface area contributed by atoms with Gasteiger partial charge in [-0.1, -0.05) is 6.07 Å². The fourth-order valence-electron chi connectivity index (χ4n) is 2.34. The van der Waals surface area contributed by atoms with Crippen molar-refractivity contribution in [3.8, 4) is 17.2 Å². The van der Waals surface area contributed by atoms with E-state index in [-0.39, 0.29) is 5.69 Å². The zero-order valence-corrected chi connectivity index (χ0v) is 13.3.